The van der Waals surface area contributed by atoms with E-state index in [-0.39, 0.29) is 5.82 Å². The van der Waals surface area contributed by atoms with Gasteiger partial charge in [-0.2, -0.15) is 5.26 Å². The largest absolute Gasteiger partial charge is 0.353 e. The molecule has 2 aromatic carbocycles. The van der Waals surface area contributed by atoms with Gasteiger partial charge in [-0.3, -0.25) is 0 Å². The first-order valence-corrected chi connectivity index (χ1v) is 5.71. The van der Waals surface area contributed by atoms with Crippen molar-refractivity contribution in [1.29, 1.82) is 5.26 Å². The molecule has 0 fully saturated rings. The van der Waals surface area contributed by atoms with Crippen LogP contribution < -0.4 is 5.32 Å². The molecule has 0 spiro atoms. The van der Waals surface area contributed by atoms with Gasteiger partial charge in [0.2, 0.25) is 0 Å². The van der Waals surface area contributed by atoms with E-state index in [2.05, 4.69) is 11.4 Å². The van der Waals surface area contributed by atoms with Gasteiger partial charge in [-0.15, -0.1) is 0 Å². The molecular weight excluding hydrogens is 251 g/mol. The van der Waals surface area contributed by atoms with Crippen LogP contribution in [-0.4, -0.2) is 0 Å². The lowest BCUT2D eigenvalue weighted by Gasteiger charge is -2.10. The molecule has 0 aliphatic carbocycles. The Kier molecular flexibility index (Phi) is 3.50. The zero-order valence-corrected chi connectivity index (χ0v) is 10.4. The van der Waals surface area contributed by atoms with Gasteiger partial charge in [0.25, 0.3) is 0 Å². The molecule has 2 nitrogen and oxygen atoms in total. The highest BCUT2D eigenvalue weighted by atomic mass is 35.5. The molecule has 0 atom stereocenters. The van der Waals surface area contributed by atoms with E-state index >= 15 is 0 Å². The van der Waals surface area contributed by atoms with Crippen LogP contribution in [0.2, 0.25) is 5.02 Å². The van der Waals surface area contributed by atoms with E-state index in [4.69, 9.17) is 16.9 Å². The second kappa shape index (κ2) is 5.07. The Morgan fingerprint density at radius 3 is 2.67 bits per heavy atom. The van der Waals surface area contributed by atoms with Crippen molar-refractivity contribution < 1.29 is 4.39 Å². The van der Waals surface area contributed by atoms with E-state index in [1.54, 1.807) is 6.07 Å². The molecule has 18 heavy (non-hydrogen) atoms. The monoisotopic (exact) mass is 260 g/mol. The van der Waals surface area contributed by atoms with Crippen molar-refractivity contribution in [3.63, 3.8) is 0 Å². The fourth-order valence-corrected chi connectivity index (χ4v) is 1.76. The molecule has 0 radical (unpaired) electrons. The van der Waals surface area contributed by atoms with Gasteiger partial charge in [0.15, 0.2) is 0 Å². The van der Waals surface area contributed by atoms with Gasteiger partial charge in [-0.05, 0) is 42.8 Å². The predicted octanol–water partition coefficient (Wildman–Crippen LogP) is 4.40. The summed E-state index contributed by atoms with van der Waals surface area (Å²) in [7, 11) is 0. The first-order chi connectivity index (χ1) is 8.60. The lowest BCUT2D eigenvalue weighted by molar-refractivity contribution is 0.628. The Bertz CT molecular complexity index is 632. The molecule has 0 aromatic heterocycles. The zero-order chi connectivity index (χ0) is 13.1. The van der Waals surface area contributed by atoms with Crippen molar-refractivity contribution in [2.75, 3.05) is 5.32 Å². The van der Waals surface area contributed by atoms with E-state index in [9.17, 15) is 4.39 Å². The summed E-state index contributed by atoms with van der Waals surface area (Å²) in [4.78, 5) is 0. The molecule has 0 aliphatic rings. The normalized spacial score (nSPS) is 9.89. The fourth-order valence-electron chi connectivity index (χ4n) is 1.60. The van der Waals surface area contributed by atoms with Crippen molar-refractivity contribution in [1.82, 2.24) is 0 Å². The number of rotatable bonds is 2. The molecule has 4 heteroatoms. The molecule has 0 saturated heterocycles. The van der Waals surface area contributed by atoms with Crippen LogP contribution in [0.3, 0.4) is 0 Å². The van der Waals surface area contributed by atoms with Crippen molar-refractivity contribution in [2.45, 2.75) is 6.92 Å². The first-order valence-electron chi connectivity index (χ1n) is 5.33. The topological polar surface area (TPSA) is 35.8 Å². The molecule has 1 N–H and O–H groups in total. The summed E-state index contributed by atoms with van der Waals surface area (Å²) in [6.45, 7) is 1.92. The Labute approximate surface area is 110 Å². The summed E-state index contributed by atoms with van der Waals surface area (Å²) in [5.74, 6) is -0.381. The Hall–Kier alpha value is -2.05. The van der Waals surface area contributed by atoms with Crippen LogP contribution in [0.15, 0.2) is 36.4 Å². The predicted molar refractivity (Wildman–Crippen MR) is 70.6 cm³/mol. The van der Waals surface area contributed by atoms with Crippen LogP contribution in [0.1, 0.15) is 11.1 Å². The van der Waals surface area contributed by atoms with Gasteiger partial charge < -0.3 is 5.32 Å². The van der Waals surface area contributed by atoms with Crippen LogP contribution >= 0.6 is 11.6 Å². The molecule has 0 amide bonds. The summed E-state index contributed by atoms with van der Waals surface area (Å²) in [6, 6.07) is 11.5. The van der Waals surface area contributed by atoms with E-state index in [1.165, 1.54) is 18.2 Å². The molecule has 0 unspecified atom stereocenters. The van der Waals surface area contributed by atoms with Crippen molar-refractivity contribution in [3.8, 4) is 6.07 Å². The van der Waals surface area contributed by atoms with Crippen molar-refractivity contribution >= 4 is 23.0 Å². The first kappa shape index (κ1) is 12.4. The average molecular weight is 261 g/mol. The van der Waals surface area contributed by atoms with Crippen LogP contribution in [0, 0.1) is 24.1 Å². The van der Waals surface area contributed by atoms with Gasteiger partial charge in [-0.25, -0.2) is 4.39 Å². The summed E-state index contributed by atoms with van der Waals surface area (Å²) >= 11 is 5.97. The number of aryl methyl sites for hydroxylation is 1. The standard InChI is InChI=1S/C14H10ClFN2/c1-9-2-3-10(8-17)13(6-9)18-14-7-11(16)4-5-12(14)15/h2-7,18H,1H3. The average Bonchev–Trinajstić information content (AvgIpc) is 2.34. The van der Waals surface area contributed by atoms with Gasteiger partial charge in [0.1, 0.15) is 11.9 Å². The van der Waals surface area contributed by atoms with Crippen LogP contribution in [0.4, 0.5) is 15.8 Å². The quantitative estimate of drug-likeness (QED) is 0.869. The van der Waals surface area contributed by atoms with Crippen LogP contribution in [0.5, 0.6) is 0 Å². The van der Waals surface area contributed by atoms with E-state index in [0.29, 0.717) is 22.0 Å². The van der Waals surface area contributed by atoms with Gasteiger partial charge >= 0.3 is 0 Å². The third kappa shape index (κ3) is 2.61. The fraction of sp³-hybridized carbons (Fsp3) is 0.0714. The van der Waals surface area contributed by atoms with Gasteiger partial charge in [0, 0.05) is 0 Å². The minimum atomic E-state index is -0.381. The van der Waals surface area contributed by atoms with E-state index in [1.807, 2.05) is 19.1 Å². The molecule has 2 aromatic rings. The minimum absolute atomic E-state index is 0.381. The number of nitrogens with zero attached hydrogens (tertiary/aromatic N) is 1. The molecule has 0 saturated carbocycles. The molecule has 90 valence electrons. The van der Waals surface area contributed by atoms with E-state index < -0.39 is 0 Å². The number of hydrogen-bond donors (Lipinski definition) is 1. The summed E-state index contributed by atoms with van der Waals surface area (Å²) in [6.07, 6.45) is 0. The zero-order valence-electron chi connectivity index (χ0n) is 9.67. The second-order valence-electron chi connectivity index (χ2n) is 3.91. The molecule has 0 aliphatic heterocycles. The third-order valence-electron chi connectivity index (χ3n) is 2.49. The van der Waals surface area contributed by atoms with Crippen molar-refractivity contribution in [3.05, 3.63) is 58.4 Å². The number of halogens is 2. The summed E-state index contributed by atoms with van der Waals surface area (Å²) in [5.41, 5.74) is 2.55. The highest BCUT2D eigenvalue weighted by Crippen LogP contribution is 2.28. The third-order valence-corrected chi connectivity index (χ3v) is 2.82. The maximum atomic E-state index is 13.1. The maximum Gasteiger partial charge on any atom is 0.125 e. The SMILES string of the molecule is Cc1ccc(C#N)c(Nc2cc(F)ccc2Cl)c1. The highest BCUT2D eigenvalue weighted by Gasteiger charge is 2.06. The Morgan fingerprint density at radius 1 is 1.17 bits per heavy atom. The lowest BCUT2D eigenvalue weighted by atomic mass is 10.1. The number of anilines is 2. The number of nitrogens with one attached hydrogen (secondary N) is 1. The highest BCUT2D eigenvalue weighted by molar-refractivity contribution is 6.33. The minimum Gasteiger partial charge on any atom is -0.353 e. The molecular formula is C14H10ClFN2. The van der Waals surface area contributed by atoms with Gasteiger partial charge in [-0.1, -0.05) is 17.7 Å². The summed E-state index contributed by atoms with van der Waals surface area (Å²) < 4.78 is 13.1. The second-order valence-corrected chi connectivity index (χ2v) is 4.32. The smallest absolute Gasteiger partial charge is 0.125 e. The van der Waals surface area contributed by atoms with Crippen LogP contribution in [0.25, 0.3) is 0 Å². The Morgan fingerprint density at radius 2 is 1.94 bits per heavy atom. The van der Waals surface area contributed by atoms with Gasteiger partial charge in [0.05, 0.1) is 22.0 Å². The lowest BCUT2D eigenvalue weighted by Crippen LogP contribution is -1.95. The molecule has 0 bridgehead atoms. The maximum absolute atomic E-state index is 13.1. The molecule has 0 heterocycles. The van der Waals surface area contributed by atoms with E-state index in [0.717, 1.165) is 5.56 Å². The van der Waals surface area contributed by atoms with Crippen molar-refractivity contribution in [2.24, 2.45) is 0 Å². The molecule has 2 rings (SSSR count). The Balaban J connectivity index is 2.43. The summed E-state index contributed by atoms with van der Waals surface area (Å²) in [5, 5.41) is 12.4. The van der Waals surface area contributed by atoms with Crippen LogP contribution in [-0.2, 0) is 0 Å². The number of hydrogen-bond acceptors (Lipinski definition) is 2. The number of benzene rings is 2. The number of nitriles is 1.